The Labute approximate surface area is 443 Å². The average molecular weight is 954 g/mol. The second kappa shape index (κ2) is 48.2. The SMILES string of the molecule is CCCCCCCCCCC/C=C/CCCCCCCCCCCOC(=O)c1cccc(S(=O)(=O)[O-])c1C(=O)OCCCCCCCCCCC/C=C/CCCCCCCCCCC.[K+]. The average Bonchev–Trinajstić information content (AvgIpc) is 3.28. The molecule has 0 aliphatic heterocycles. The van der Waals surface area contributed by atoms with Crippen molar-refractivity contribution in [3.05, 3.63) is 53.6 Å². The number of benzene rings is 1. The first-order chi connectivity index (χ1) is 31.3. The van der Waals surface area contributed by atoms with Crippen molar-refractivity contribution in [2.24, 2.45) is 0 Å². The second-order valence-electron chi connectivity index (χ2n) is 18.5. The summed E-state index contributed by atoms with van der Waals surface area (Å²) in [5.41, 5.74) is -0.775. The van der Waals surface area contributed by atoms with E-state index in [1.54, 1.807) is 0 Å². The molecule has 1 rings (SSSR count). The van der Waals surface area contributed by atoms with Crippen LogP contribution in [-0.2, 0) is 19.6 Å². The van der Waals surface area contributed by atoms with Crippen LogP contribution in [0.5, 0.6) is 0 Å². The first-order valence-corrected chi connectivity index (χ1v) is 28.5. The Kier molecular flexibility index (Phi) is 47.6. The number of esters is 2. The van der Waals surface area contributed by atoms with Gasteiger partial charge in [0.2, 0.25) is 0 Å². The Morgan fingerprint density at radius 3 is 1.02 bits per heavy atom. The third-order valence-electron chi connectivity index (χ3n) is 12.5. The van der Waals surface area contributed by atoms with Gasteiger partial charge in [-0.15, -0.1) is 0 Å². The van der Waals surface area contributed by atoms with Gasteiger partial charge in [0.05, 0.1) is 29.2 Å². The van der Waals surface area contributed by atoms with Crippen LogP contribution in [0.15, 0.2) is 47.4 Å². The summed E-state index contributed by atoms with van der Waals surface area (Å²) in [6.07, 6.45) is 59.1. The minimum Gasteiger partial charge on any atom is -0.744 e. The van der Waals surface area contributed by atoms with Gasteiger partial charge in [-0.05, 0) is 76.3 Å². The number of hydrogen-bond donors (Lipinski definition) is 0. The molecule has 0 heterocycles. The van der Waals surface area contributed by atoms with Crippen LogP contribution >= 0.6 is 0 Å². The van der Waals surface area contributed by atoms with Crippen molar-refractivity contribution < 1.29 is 83.4 Å². The van der Waals surface area contributed by atoms with Gasteiger partial charge in [-0.2, -0.15) is 0 Å². The minimum absolute atomic E-state index is 0. The number of ether oxygens (including phenoxy) is 2. The molecule has 9 heteroatoms. The van der Waals surface area contributed by atoms with E-state index in [-0.39, 0.29) is 70.2 Å². The maximum Gasteiger partial charge on any atom is 1.00 e. The van der Waals surface area contributed by atoms with Gasteiger partial charge in [0, 0.05) is 0 Å². The summed E-state index contributed by atoms with van der Waals surface area (Å²) >= 11 is 0. The van der Waals surface area contributed by atoms with Crippen molar-refractivity contribution in [3.63, 3.8) is 0 Å². The van der Waals surface area contributed by atoms with Crippen LogP contribution in [0.4, 0.5) is 0 Å². The molecule has 0 radical (unpaired) electrons. The molecule has 0 bridgehead atoms. The summed E-state index contributed by atoms with van der Waals surface area (Å²) in [7, 11) is -5.02. The smallest absolute Gasteiger partial charge is 0.744 e. The normalized spacial score (nSPS) is 11.7. The first kappa shape index (κ1) is 64.2. The van der Waals surface area contributed by atoms with Crippen molar-refractivity contribution in [1.29, 1.82) is 0 Å². The van der Waals surface area contributed by atoms with Crippen molar-refractivity contribution in [2.75, 3.05) is 13.2 Å². The maximum absolute atomic E-state index is 13.1. The summed E-state index contributed by atoms with van der Waals surface area (Å²) in [5.74, 6) is -1.81. The molecule has 0 aromatic heterocycles. The van der Waals surface area contributed by atoms with Crippen molar-refractivity contribution >= 4 is 22.1 Å². The fraction of sp³-hybridized carbons (Fsp3) is 0.786. The molecular formula is C56H97KO7S. The number of rotatable bonds is 47. The largest absolute Gasteiger partial charge is 1.00 e. The molecule has 1 aromatic rings. The van der Waals surface area contributed by atoms with E-state index in [0.29, 0.717) is 12.8 Å². The zero-order valence-corrected chi connectivity index (χ0v) is 46.4. The van der Waals surface area contributed by atoms with Gasteiger partial charge in [-0.1, -0.05) is 237 Å². The maximum atomic E-state index is 13.1. The molecule has 370 valence electrons. The fourth-order valence-corrected chi connectivity index (χ4v) is 9.11. The molecule has 0 fully saturated rings. The third-order valence-corrected chi connectivity index (χ3v) is 13.4. The van der Waals surface area contributed by atoms with Gasteiger partial charge in [-0.3, -0.25) is 0 Å². The van der Waals surface area contributed by atoms with Gasteiger partial charge in [0.1, 0.15) is 10.1 Å². The molecule has 0 aliphatic carbocycles. The molecule has 1 aromatic carbocycles. The van der Waals surface area contributed by atoms with E-state index in [9.17, 15) is 22.6 Å². The molecule has 0 atom stereocenters. The third kappa shape index (κ3) is 39.7. The Hall–Kier alpha value is -0.814. The zero-order valence-electron chi connectivity index (χ0n) is 42.5. The topological polar surface area (TPSA) is 110 Å². The van der Waals surface area contributed by atoms with Crippen LogP contribution in [0.3, 0.4) is 0 Å². The standard InChI is InChI=1S/C56H98O7S.K/c1-3-5-7-9-11-13-15-17-19-21-23-25-27-29-31-33-35-37-39-41-43-45-50-62-55(57)52-48-47-49-53(64(59,60)61)54(52)56(58)63-51-46-44-42-40-38-36-34-32-30-28-26-24-22-20-18-16-14-12-10-8-6-4-2;/h23-26,47-49H,3-22,27-46,50-51H2,1-2H3,(H,59,60,61);/q;+1/p-1/b25-23+,26-24+;. The summed E-state index contributed by atoms with van der Waals surface area (Å²) in [6, 6.07) is 3.65. The monoisotopic (exact) mass is 953 g/mol. The van der Waals surface area contributed by atoms with Crippen LogP contribution in [-0.4, -0.2) is 38.1 Å². The van der Waals surface area contributed by atoms with Gasteiger partial charge >= 0.3 is 63.3 Å². The number of hydrogen-bond acceptors (Lipinski definition) is 7. The van der Waals surface area contributed by atoms with Crippen LogP contribution < -0.4 is 51.4 Å². The van der Waals surface area contributed by atoms with Crippen LogP contribution in [0, 0.1) is 0 Å². The molecule has 0 amide bonds. The first-order valence-electron chi connectivity index (χ1n) is 27.1. The Morgan fingerprint density at radius 2 is 0.708 bits per heavy atom. The second-order valence-corrected chi connectivity index (χ2v) is 19.9. The van der Waals surface area contributed by atoms with Crippen molar-refractivity contribution in [2.45, 2.75) is 276 Å². The molecule has 7 nitrogen and oxygen atoms in total. The van der Waals surface area contributed by atoms with Gasteiger partial charge in [-0.25, -0.2) is 18.0 Å². The molecule has 0 spiro atoms. The van der Waals surface area contributed by atoms with E-state index in [4.69, 9.17) is 9.47 Å². The minimum atomic E-state index is -5.02. The molecule has 0 aliphatic rings. The van der Waals surface area contributed by atoms with Crippen molar-refractivity contribution in [1.82, 2.24) is 0 Å². The van der Waals surface area contributed by atoms with Gasteiger partial charge in [0.15, 0.2) is 0 Å². The summed E-state index contributed by atoms with van der Waals surface area (Å²) in [6.45, 7) is 4.79. The van der Waals surface area contributed by atoms with E-state index < -0.39 is 32.5 Å². The predicted octanol–water partition coefficient (Wildman–Crippen LogP) is 14.7. The van der Waals surface area contributed by atoms with E-state index in [2.05, 4.69) is 38.2 Å². The molecular weight excluding hydrogens is 856 g/mol. The zero-order chi connectivity index (χ0) is 46.4. The molecule has 65 heavy (non-hydrogen) atoms. The number of allylic oxidation sites excluding steroid dienone is 4. The molecule has 0 N–H and O–H groups in total. The van der Waals surface area contributed by atoms with Crippen LogP contribution in [0.1, 0.15) is 291 Å². The summed E-state index contributed by atoms with van der Waals surface area (Å²) < 4.78 is 47.0. The van der Waals surface area contributed by atoms with E-state index in [1.807, 2.05) is 0 Å². The van der Waals surface area contributed by atoms with Crippen LogP contribution in [0.2, 0.25) is 0 Å². The Bertz CT molecular complexity index is 1410. The summed E-state index contributed by atoms with van der Waals surface area (Å²) in [5, 5.41) is 0. The molecule has 0 saturated carbocycles. The van der Waals surface area contributed by atoms with E-state index in [0.717, 1.165) is 44.6 Å². The van der Waals surface area contributed by atoms with Gasteiger partial charge < -0.3 is 14.0 Å². The van der Waals surface area contributed by atoms with Gasteiger partial charge in [0.25, 0.3) is 0 Å². The molecule has 0 unspecified atom stereocenters. The van der Waals surface area contributed by atoms with E-state index in [1.165, 1.54) is 218 Å². The van der Waals surface area contributed by atoms with Crippen LogP contribution in [0.25, 0.3) is 0 Å². The fourth-order valence-electron chi connectivity index (χ4n) is 8.42. The number of carbonyl (C=O) groups is 2. The Morgan fingerprint density at radius 1 is 0.431 bits per heavy atom. The number of unbranched alkanes of at least 4 members (excludes halogenated alkanes) is 36. The van der Waals surface area contributed by atoms with E-state index >= 15 is 0 Å². The predicted molar refractivity (Wildman–Crippen MR) is 269 cm³/mol. The quantitative estimate of drug-likeness (QED) is 0.0210. The number of carbonyl (C=O) groups excluding carboxylic acids is 2. The molecule has 0 saturated heterocycles. The summed E-state index contributed by atoms with van der Waals surface area (Å²) in [4.78, 5) is 25.3. The van der Waals surface area contributed by atoms with Crippen molar-refractivity contribution in [3.8, 4) is 0 Å². The Balaban J connectivity index is 0.0000410.